The van der Waals surface area contributed by atoms with Crippen LogP contribution < -0.4 is 20.5 Å². The highest BCUT2D eigenvalue weighted by molar-refractivity contribution is 5.98. The van der Waals surface area contributed by atoms with E-state index in [-0.39, 0.29) is 29.2 Å². The van der Waals surface area contributed by atoms with Crippen LogP contribution in [0.2, 0.25) is 0 Å². The molecule has 1 amide bonds. The first-order valence-electron chi connectivity index (χ1n) is 9.74. The molecule has 0 saturated heterocycles. The Labute approximate surface area is 188 Å². The Morgan fingerprint density at radius 2 is 1.88 bits per heavy atom. The zero-order valence-corrected chi connectivity index (χ0v) is 17.2. The van der Waals surface area contributed by atoms with Gasteiger partial charge in [0.25, 0.3) is 0 Å². The number of hydrogen-bond acceptors (Lipinski definition) is 7. The number of nitrogens with two attached hydrogens (primary N) is 1. The average Bonchev–Trinajstić information content (AvgIpc) is 2.82. The zero-order valence-electron chi connectivity index (χ0n) is 17.2. The lowest BCUT2D eigenvalue weighted by Crippen LogP contribution is -2.07. The van der Waals surface area contributed by atoms with E-state index in [0.717, 1.165) is 0 Å². The van der Waals surface area contributed by atoms with E-state index in [9.17, 15) is 9.18 Å². The fourth-order valence-corrected chi connectivity index (χ4v) is 2.90. The summed E-state index contributed by atoms with van der Waals surface area (Å²) in [5, 5.41) is 2.66. The van der Waals surface area contributed by atoms with E-state index >= 15 is 0 Å². The molecule has 4 rings (SSSR count). The summed E-state index contributed by atoms with van der Waals surface area (Å²) < 4.78 is 25.2. The van der Waals surface area contributed by atoms with Gasteiger partial charge >= 0.3 is 0 Å². The molecule has 2 heterocycles. The van der Waals surface area contributed by atoms with Gasteiger partial charge in [-0.05, 0) is 36.4 Å². The molecular formula is C24H18FN5O3. The summed E-state index contributed by atoms with van der Waals surface area (Å²) in [4.78, 5) is 24.0. The Morgan fingerprint density at radius 1 is 1.03 bits per heavy atom. The molecule has 8 nitrogen and oxygen atoms in total. The van der Waals surface area contributed by atoms with Gasteiger partial charge in [-0.25, -0.2) is 19.3 Å². The van der Waals surface area contributed by atoms with Crippen molar-refractivity contribution in [2.75, 3.05) is 11.1 Å². The first kappa shape index (κ1) is 21.4. The van der Waals surface area contributed by atoms with Gasteiger partial charge in [-0.3, -0.25) is 4.79 Å². The smallest absolute Gasteiger partial charge is 0.247 e. The third-order valence-corrected chi connectivity index (χ3v) is 4.42. The molecule has 0 aliphatic rings. The predicted molar refractivity (Wildman–Crippen MR) is 121 cm³/mol. The van der Waals surface area contributed by atoms with Crippen LogP contribution in [0.25, 0.3) is 11.1 Å². The van der Waals surface area contributed by atoms with Crippen molar-refractivity contribution >= 4 is 17.4 Å². The Morgan fingerprint density at radius 3 is 2.64 bits per heavy atom. The minimum atomic E-state index is -0.494. The number of nitrogens with one attached hydrogen (secondary N) is 1. The average molecular weight is 443 g/mol. The number of anilines is 2. The molecule has 2 aromatic heterocycles. The van der Waals surface area contributed by atoms with Gasteiger partial charge in [0.05, 0.1) is 5.56 Å². The number of ether oxygens (including phenoxy) is 2. The summed E-state index contributed by atoms with van der Waals surface area (Å²) in [5.74, 6) is 0.220. The van der Waals surface area contributed by atoms with Crippen molar-refractivity contribution in [3.63, 3.8) is 0 Å². The van der Waals surface area contributed by atoms with Crippen LogP contribution >= 0.6 is 0 Å². The molecule has 0 bridgehead atoms. The fraction of sp³-hybridized carbons (Fsp3) is 0. The van der Waals surface area contributed by atoms with Crippen molar-refractivity contribution in [2.45, 2.75) is 0 Å². The maximum Gasteiger partial charge on any atom is 0.247 e. The normalized spacial score (nSPS) is 10.3. The molecule has 164 valence electrons. The summed E-state index contributed by atoms with van der Waals surface area (Å²) in [6.07, 6.45) is 3.95. The number of para-hydroxylation sites is 1. The van der Waals surface area contributed by atoms with Crippen LogP contribution in [0.5, 0.6) is 23.3 Å². The molecule has 33 heavy (non-hydrogen) atoms. The van der Waals surface area contributed by atoms with Crippen molar-refractivity contribution in [3.8, 4) is 34.4 Å². The third-order valence-electron chi connectivity index (χ3n) is 4.42. The van der Waals surface area contributed by atoms with E-state index in [4.69, 9.17) is 15.2 Å². The van der Waals surface area contributed by atoms with Crippen molar-refractivity contribution in [2.24, 2.45) is 0 Å². The van der Waals surface area contributed by atoms with E-state index in [0.29, 0.717) is 22.6 Å². The maximum absolute atomic E-state index is 13.8. The third kappa shape index (κ3) is 5.10. The van der Waals surface area contributed by atoms with Gasteiger partial charge in [0.1, 0.15) is 17.9 Å². The topological polar surface area (TPSA) is 112 Å². The summed E-state index contributed by atoms with van der Waals surface area (Å²) in [6, 6.07) is 16.1. The first-order valence-corrected chi connectivity index (χ1v) is 9.74. The van der Waals surface area contributed by atoms with E-state index in [2.05, 4.69) is 26.8 Å². The Kier molecular flexibility index (Phi) is 6.21. The Balaban J connectivity index is 1.60. The lowest BCUT2D eigenvalue weighted by atomic mass is 10.1. The molecule has 4 aromatic rings. The number of amides is 1. The summed E-state index contributed by atoms with van der Waals surface area (Å²) in [7, 11) is 0. The lowest BCUT2D eigenvalue weighted by Gasteiger charge is -2.13. The molecule has 0 aliphatic carbocycles. The molecule has 0 fully saturated rings. The molecule has 0 spiro atoms. The zero-order chi connectivity index (χ0) is 23.2. The van der Waals surface area contributed by atoms with Crippen LogP contribution in [-0.4, -0.2) is 20.9 Å². The van der Waals surface area contributed by atoms with Crippen LogP contribution in [-0.2, 0) is 4.79 Å². The van der Waals surface area contributed by atoms with Crippen molar-refractivity contribution in [1.29, 1.82) is 0 Å². The highest BCUT2D eigenvalue weighted by atomic mass is 19.1. The lowest BCUT2D eigenvalue weighted by molar-refractivity contribution is -0.111. The number of carbonyl (C=O) groups is 1. The van der Waals surface area contributed by atoms with Crippen molar-refractivity contribution in [1.82, 2.24) is 15.0 Å². The SMILES string of the molecule is C=CC(=O)Nc1cccc(Oc2ncnc(N)c2-c2ccc(Oc3ccccc3F)nc2)c1. The highest BCUT2D eigenvalue weighted by Gasteiger charge is 2.15. The van der Waals surface area contributed by atoms with Gasteiger partial charge in [0.2, 0.25) is 17.7 Å². The van der Waals surface area contributed by atoms with Crippen LogP contribution in [0.3, 0.4) is 0 Å². The molecule has 0 unspecified atom stereocenters. The Bertz CT molecular complexity index is 1310. The molecule has 0 aliphatic heterocycles. The van der Waals surface area contributed by atoms with E-state index in [1.165, 1.54) is 30.7 Å². The second kappa shape index (κ2) is 9.56. The van der Waals surface area contributed by atoms with E-state index in [1.807, 2.05) is 0 Å². The van der Waals surface area contributed by atoms with E-state index in [1.54, 1.807) is 48.5 Å². The number of nitrogen functional groups attached to an aromatic ring is 1. The number of benzene rings is 2. The standard InChI is InChI=1S/C24H18FN5O3/c1-2-20(31)30-16-6-5-7-17(12-16)32-24-22(23(26)28-14-29-24)15-10-11-21(27-13-15)33-19-9-4-3-8-18(19)25/h2-14H,1H2,(H,30,31)(H2,26,28,29). The number of nitrogens with zero attached hydrogens (tertiary/aromatic N) is 3. The van der Waals surface area contributed by atoms with Gasteiger partial charge in [0, 0.05) is 29.6 Å². The fourth-order valence-electron chi connectivity index (χ4n) is 2.90. The number of rotatable bonds is 7. The number of hydrogen-bond donors (Lipinski definition) is 2. The van der Waals surface area contributed by atoms with Gasteiger partial charge in [-0.2, -0.15) is 0 Å². The van der Waals surface area contributed by atoms with Crippen LogP contribution in [0.15, 0.2) is 85.8 Å². The molecule has 0 atom stereocenters. The largest absolute Gasteiger partial charge is 0.438 e. The van der Waals surface area contributed by atoms with Crippen molar-refractivity contribution in [3.05, 3.63) is 91.7 Å². The van der Waals surface area contributed by atoms with Gasteiger partial charge in [-0.1, -0.05) is 24.8 Å². The second-order valence-corrected chi connectivity index (χ2v) is 6.68. The quantitative estimate of drug-likeness (QED) is 0.388. The van der Waals surface area contributed by atoms with Gasteiger partial charge in [-0.15, -0.1) is 0 Å². The molecule has 3 N–H and O–H groups in total. The minimum absolute atomic E-state index is 0.0627. The first-order chi connectivity index (χ1) is 16.0. The summed E-state index contributed by atoms with van der Waals surface area (Å²) >= 11 is 0. The highest BCUT2D eigenvalue weighted by Crippen LogP contribution is 2.36. The molecule has 0 saturated carbocycles. The van der Waals surface area contributed by atoms with Crippen molar-refractivity contribution < 1.29 is 18.7 Å². The monoisotopic (exact) mass is 443 g/mol. The second-order valence-electron chi connectivity index (χ2n) is 6.68. The Hall–Kier alpha value is -4.79. The number of halogens is 1. The van der Waals surface area contributed by atoms with Crippen LogP contribution in [0, 0.1) is 5.82 Å². The minimum Gasteiger partial charge on any atom is -0.438 e. The maximum atomic E-state index is 13.8. The van der Waals surface area contributed by atoms with Crippen LogP contribution in [0.1, 0.15) is 0 Å². The predicted octanol–water partition coefficient (Wildman–Crippen LogP) is 4.97. The number of aromatic nitrogens is 3. The molecule has 0 radical (unpaired) electrons. The molecule has 9 heteroatoms. The molecular weight excluding hydrogens is 425 g/mol. The van der Waals surface area contributed by atoms with Gasteiger partial charge in [0.15, 0.2) is 11.6 Å². The summed E-state index contributed by atoms with van der Waals surface area (Å²) in [6.45, 7) is 3.43. The number of carbonyl (C=O) groups excluding carboxylic acids is 1. The number of pyridine rings is 1. The molecule has 2 aromatic carbocycles. The van der Waals surface area contributed by atoms with Crippen LogP contribution in [0.4, 0.5) is 15.9 Å². The van der Waals surface area contributed by atoms with E-state index < -0.39 is 5.82 Å². The summed E-state index contributed by atoms with van der Waals surface area (Å²) in [5.41, 5.74) is 7.61. The van der Waals surface area contributed by atoms with Gasteiger partial charge < -0.3 is 20.5 Å².